The number of nitrogens with one attached hydrogen (secondary N) is 1. The molecular formula is C10H21N3O. The lowest BCUT2D eigenvalue weighted by Crippen LogP contribution is -2.41. The van der Waals surface area contributed by atoms with Gasteiger partial charge in [-0.15, -0.1) is 0 Å². The molecule has 4 heteroatoms. The first-order chi connectivity index (χ1) is 6.52. The highest BCUT2D eigenvalue weighted by Gasteiger charge is 2.26. The number of carbonyl (C=O) groups is 1. The van der Waals surface area contributed by atoms with Crippen LogP contribution in [0.3, 0.4) is 0 Å². The van der Waals surface area contributed by atoms with Gasteiger partial charge in [0, 0.05) is 19.1 Å². The molecule has 1 atom stereocenters. The van der Waals surface area contributed by atoms with Crippen LogP contribution >= 0.6 is 0 Å². The largest absolute Gasteiger partial charge is 0.325 e. The van der Waals surface area contributed by atoms with E-state index in [-0.39, 0.29) is 12.1 Å². The summed E-state index contributed by atoms with van der Waals surface area (Å²) in [6, 6.07) is 0.538. The third-order valence-electron chi connectivity index (χ3n) is 2.91. The molecule has 0 spiro atoms. The van der Waals surface area contributed by atoms with Gasteiger partial charge in [-0.3, -0.25) is 10.1 Å². The van der Waals surface area contributed by atoms with E-state index in [2.05, 4.69) is 31.1 Å². The highest BCUT2D eigenvalue weighted by molar-refractivity contribution is 5.80. The Labute approximate surface area is 86.2 Å². The van der Waals surface area contributed by atoms with Gasteiger partial charge in [-0.25, -0.2) is 0 Å². The van der Waals surface area contributed by atoms with Gasteiger partial charge in [0.05, 0.1) is 12.7 Å². The zero-order valence-electron chi connectivity index (χ0n) is 9.58. The molecule has 1 N–H and O–H groups in total. The molecule has 0 aromatic heterocycles. The smallest absolute Gasteiger partial charge is 0.237 e. The molecule has 82 valence electrons. The molecule has 1 saturated heterocycles. The number of amides is 1. The van der Waals surface area contributed by atoms with Gasteiger partial charge in [0.15, 0.2) is 0 Å². The average molecular weight is 199 g/mol. The van der Waals surface area contributed by atoms with Crippen molar-refractivity contribution in [1.29, 1.82) is 0 Å². The van der Waals surface area contributed by atoms with Crippen LogP contribution in [0.15, 0.2) is 0 Å². The van der Waals surface area contributed by atoms with Crippen molar-refractivity contribution in [1.82, 2.24) is 15.1 Å². The van der Waals surface area contributed by atoms with Crippen LogP contribution in [-0.4, -0.2) is 54.6 Å². The highest BCUT2D eigenvalue weighted by Crippen LogP contribution is 2.04. The molecule has 14 heavy (non-hydrogen) atoms. The summed E-state index contributed by atoms with van der Waals surface area (Å²) in [6.07, 6.45) is 0.197. The number of carbonyl (C=O) groups excluding carboxylic acids is 1. The summed E-state index contributed by atoms with van der Waals surface area (Å²) in [5.74, 6) is 0.217. The van der Waals surface area contributed by atoms with Gasteiger partial charge in [0.1, 0.15) is 0 Å². The van der Waals surface area contributed by atoms with Crippen molar-refractivity contribution in [3.63, 3.8) is 0 Å². The molecule has 1 fully saturated rings. The Morgan fingerprint density at radius 1 is 1.64 bits per heavy atom. The van der Waals surface area contributed by atoms with Gasteiger partial charge < -0.3 is 9.80 Å². The van der Waals surface area contributed by atoms with E-state index in [9.17, 15) is 4.79 Å². The van der Waals surface area contributed by atoms with E-state index in [1.807, 2.05) is 11.8 Å². The van der Waals surface area contributed by atoms with E-state index in [0.717, 1.165) is 13.1 Å². The van der Waals surface area contributed by atoms with Gasteiger partial charge in [-0.1, -0.05) is 0 Å². The normalized spacial score (nSPS) is 22.9. The molecule has 1 amide bonds. The third-order valence-corrected chi connectivity index (χ3v) is 2.91. The second-order valence-electron chi connectivity index (χ2n) is 4.22. The molecule has 4 nitrogen and oxygen atoms in total. The lowest BCUT2D eigenvalue weighted by Gasteiger charge is -2.26. The number of hydrogen-bond acceptors (Lipinski definition) is 3. The van der Waals surface area contributed by atoms with Crippen LogP contribution in [0.25, 0.3) is 0 Å². The summed E-state index contributed by atoms with van der Waals surface area (Å²) >= 11 is 0. The van der Waals surface area contributed by atoms with E-state index in [1.165, 1.54) is 0 Å². The maximum Gasteiger partial charge on any atom is 0.237 e. The van der Waals surface area contributed by atoms with Crippen LogP contribution in [0.2, 0.25) is 0 Å². The van der Waals surface area contributed by atoms with Crippen molar-refractivity contribution in [2.24, 2.45) is 0 Å². The molecule has 1 unspecified atom stereocenters. The predicted molar refractivity (Wildman–Crippen MR) is 56.9 cm³/mol. The zero-order valence-corrected chi connectivity index (χ0v) is 9.58. The van der Waals surface area contributed by atoms with Crippen LogP contribution in [0.1, 0.15) is 20.8 Å². The quantitative estimate of drug-likeness (QED) is 0.698. The van der Waals surface area contributed by atoms with Gasteiger partial charge in [-0.05, 0) is 27.8 Å². The highest BCUT2D eigenvalue weighted by atomic mass is 16.2. The van der Waals surface area contributed by atoms with Crippen molar-refractivity contribution < 1.29 is 4.79 Å². The Bertz CT molecular complexity index is 206. The van der Waals surface area contributed by atoms with Gasteiger partial charge in [0.25, 0.3) is 0 Å². The first-order valence-corrected chi connectivity index (χ1v) is 5.25. The number of rotatable bonds is 4. The third kappa shape index (κ3) is 2.69. The molecule has 0 aromatic rings. The molecule has 0 aromatic carbocycles. The SMILES string of the molecule is CC(C)N(C)CCN1C(=O)CNC1C. The van der Waals surface area contributed by atoms with E-state index >= 15 is 0 Å². The minimum Gasteiger partial charge on any atom is -0.325 e. The summed E-state index contributed by atoms with van der Waals surface area (Å²) in [4.78, 5) is 15.6. The van der Waals surface area contributed by atoms with Crippen molar-refractivity contribution in [2.75, 3.05) is 26.7 Å². The molecule has 0 aliphatic carbocycles. The van der Waals surface area contributed by atoms with E-state index in [0.29, 0.717) is 12.6 Å². The van der Waals surface area contributed by atoms with Crippen molar-refractivity contribution in [3.8, 4) is 0 Å². The lowest BCUT2D eigenvalue weighted by atomic mass is 10.3. The van der Waals surface area contributed by atoms with Crippen LogP contribution in [-0.2, 0) is 4.79 Å². The Kier molecular flexibility index (Phi) is 3.89. The van der Waals surface area contributed by atoms with Crippen molar-refractivity contribution in [2.45, 2.75) is 33.0 Å². The summed E-state index contributed by atoms with van der Waals surface area (Å²) in [5, 5.41) is 3.13. The second kappa shape index (κ2) is 4.75. The molecule has 1 rings (SSSR count). The van der Waals surface area contributed by atoms with Gasteiger partial charge >= 0.3 is 0 Å². The minimum absolute atomic E-state index is 0.197. The molecule has 0 radical (unpaired) electrons. The summed E-state index contributed by atoms with van der Waals surface area (Å²) in [5.41, 5.74) is 0. The maximum atomic E-state index is 11.4. The minimum atomic E-state index is 0.197. The Morgan fingerprint density at radius 2 is 2.29 bits per heavy atom. The first-order valence-electron chi connectivity index (χ1n) is 5.25. The van der Waals surface area contributed by atoms with Crippen LogP contribution in [0.5, 0.6) is 0 Å². The van der Waals surface area contributed by atoms with Crippen LogP contribution in [0.4, 0.5) is 0 Å². The summed E-state index contributed by atoms with van der Waals surface area (Å²) in [7, 11) is 2.09. The fourth-order valence-corrected chi connectivity index (χ4v) is 1.50. The van der Waals surface area contributed by atoms with Gasteiger partial charge in [-0.2, -0.15) is 0 Å². The van der Waals surface area contributed by atoms with E-state index in [1.54, 1.807) is 0 Å². The average Bonchev–Trinajstić information content (AvgIpc) is 2.43. The summed E-state index contributed by atoms with van der Waals surface area (Å²) in [6.45, 7) is 8.60. The lowest BCUT2D eigenvalue weighted by molar-refractivity contribution is -0.127. The Hall–Kier alpha value is -0.610. The molecule has 1 aliphatic heterocycles. The molecule has 0 bridgehead atoms. The van der Waals surface area contributed by atoms with Crippen LogP contribution < -0.4 is 5.32 Å². The maximum absolute atomic E-state index is 11.4. The molecular weight excluding hydrogens is 178 g/mol. The summed E-state index contributed by atoms with van der Waals surface area (Å²) < 4.78 is 0. The fourth-order valence-electron chi connectivity index (χ4n) is 1.50. The fraction of sp³-hybridized carbons (Fsp3) is 0.900. The Balaban J connectivity index is 2.33. The number of nitrogens with zero attached hydrogens (tertiary/aromatic N) is 2. The molecule has 1 aliphatic rings. The molecule has 1 heterocycles. The van der Waals surface area contributed by atoms with Gasteiger partial charge in [0.2, 0.25) is 5.91 Å². The van der Waals surface area contributed by atoms with Crippen molar-refractivity contribution >= 4 is 5.91 Å². The van der Waals surface area contributed by atoms with Crippen LogP contribution in [0, 0.1) is 0 Å². The second-order valence-corrected chi connectivity index (χ2v) is 4.22. The zero-order chi connectivity index (χ0) is 10.7. The topological polar surface area (TPSA) is 35.6 Å². The number of hydrogen-bond donors (Lipinski definition) is 1. The van der Waals surface area contributed by atoms with Crippen molar-refractivity contribution in [3.05, 3.63) is 0 Å². The standard InChI is InChI=1S/C10H21N3O/c1-8(2)12(4)5-6-13-9(3)11-7-10(13)14/h8-9,11H,5-7H2,1-4H3. The first kappa shape index (κ1) is 11.5. The van der Waals surface area contributed by atoms with E-state index < -0.39 is 0 Å². The predicted octanol–water partition coefficient (Wildman–Crippen LogP) is 0.104. The monoisotopic (exact) mass is 199 g/mol. The van der Waals surface area contributed by atoms with E-state index in [4.69, 9.17) is 0 Å². The number of likely N-dealkylation sites (N-methyl/N-ethyl adjacent to an activating group) is 1. The molecule has 0 saturated carbocycles. The Morgan fingerprint density at radius 3 is 2.71 bits per heavy atom.